The number of aromatic amines is 1. The Morgan fingerprint density at radius 1 is 1.47 bits per heavy atom. The van der Waals surface area contributed by atoms with Crippen molar-refractivity contribution in [1.29, 1.82) is 0 Å². The number of nitrogens with zero attached hydrogens (tertiary/aromatic N) is 1. The Kier molecular flexibility index (Phi) is 2.98. The summed E-state index contributed by atoms with van der Waals surface area (Å²) < 4.78 is 0. The monoisotopic (exact) mass is 258 g/mol. The molecular formula is C14H18N4O. The van der Waals surface area contributed by atoms with Gasteiger partial charge in [0.15, 0.2) is 0 Å². The number of hydrogen-bond donors (Lipinski definition) is 3. The Morgan fingerprint density at radius 3 is 2.95 bits per heavy atom. The number of amides is 1. The smallest absolute Gasteiger partial charge is 0.227 e. The number of rotatable bonds is 3. The molecule has 1 unspecified atom stereocenters. The number of fused-ring (bicyclic) bond motifs is 1. The SMILES string of the molecule is Cc1cc2cn[nH]c2cc1NC(=O)C(C)C1CNC1. The van der Waals surface area contributed by atoms with E-state index in [-0.39, 0.29) is 11.8 Å². The maximum absolute atomic E-state index is 12.2. The predicted molar refractivity (Wildman–Crippen MR) is 75.0 cm³/mol. The molecule has 0 saturated carbocycles. The zero-order chi connectivity index (χ0) is 13.4. The van der Waals surface area contributed by atoms with Gasteiger partial charge in [0, 0.05) is 17.0 Å². The number of anilines is 1. The second-order valence-corrected chi connectivity index (χ2v) is 5.32. The maximum Gasteiger partial charge on any atom is 0.227 e. The Balaban J connectivity index is 1.79. The summed E-state index contributed by atoms with van der Waals surface area (Å²) in [6, 6.07) is 3.98. The van der Waals surface area contributed by atoms with E-state index in [0.29, 0.717) is 5.92 Å². The quantitative estimate of drug-likeness (QED) is 0.784. The Bertz CT molecular complexity index is 615. The minimum absolute atomic E-state index is 0.0399. The van der Waals surface area contributed by atoms with Gasteiger partial charge in [-0.05, 0) is 43.6 Å². The molecule has 1 saturated heterocycles. The van der Waals surface area contributed by atoms with Crippen molar-refractivity contribution in [3.63, 3.8) is 0 Å². The number of H-pyrrole nitrogens is 1. The molecule has 1 amide bonds. The van der Waals surface area contributed by atoms with Crippen molar-refractivity contribution < 1.29 is 4.79 Å². The lowest BCUT2D eigenvalue weighted by atomic mass is 9.88. The Morgan fingerprint density at radius 2 is 2.26 bits per heavy atom. The molecule has 1 aliphatic rings. The summed E-state index contributed by atoms with van der Waals surface area (Å²) in [6.45, 7) is 5.86. The second kappa shape index (κ2) is 4.66. The van der Waals surface area contributed by atoms with E-state index in [1.54, 1.807) is 6.20 Å². The van der Waals surface area contributed by atoms with Crippen molar-refractivity contribution in [3.8, 4) is 0 Å². The van der Waals surface area contributed by atoms with Gasteiger partial charge in [-0.25, -0.2) is 0 Å². The number of nitrogens with one attached hydrogen (secondary N) is 3. The molecule has 0 spiro atoms. The second-order valence-electron chi connectivity index (χ2n) is 5.32. The summed E-state index contributed by atoms with van der Waals surface area (Å²) in [7, 11) is 0. The van der Waals surface area contributed by atoms with Crippen LogP contribution in [-0.4, -0.2) is 29.2 Å². The van der Waals surface area contributed by atoms with Gasteiger partial charge in [0.2, 0.25) is 5.91 Å². The minimum Gasteiger partial charge on any atom is -0.326 e. The van der Waals surface area contributed by atoms with Gasteiger partial charge in [0.1, 0.15) is 0 Å². The van der Waals surface area contributed by atoms with E-state index < -0.39 is 0 Å². The van der Waals surface area contributed by atoms with Gasteiger partial charge in [-0.2, -0.15) is 5.10 Å². The third-order valence-corrected chi connectivity index (χ3v) is 3.98. The van der Waals surface area contributed by atoms with Crippen LogP contribution in [0.4, 0.5) is 5.69 Å². The molecule has 1 aromatic heterocycles. The van der Waals surface area contributed by atoms with Crippen LogP contribution >= 0.6 is 0 Å². The van der Waals surface area contributed by atoms with E-state index in [2.05, 4.69) is 20.8 Å². The van der Waals surface area contributed by atoms with E-state index in [1.807, 2.05) is 26.0 Å². The van der Waals surface area contributed by atoms with Gasteiger partial charge in [-0.1, -0.05) is 6.92 Å². The molecule has 1 fully saturated rings. The van der Waals surface area contributed by atoms with Crippen LogP contribution in [0.1, 0.15) is 12.5 Å². The van der Waals surface area contributed by atoms with Crippen LogP contribution in [0.5, 0.6) is 0 Å². The summed E-state index contributed by atoms with van der Waals surface area (Å²) in [5.41, 5.74) is 2.86. The summed E-state index contributed by atoms with van der Waals surface area (Å²) >= 11 is 0. The molecule has 3 rings (SSSR count). The zero-order valence-corrected chi connectivity index (χ0v) is 11.2. The van der Waals surface area contributed by atoms with Crippen LogP contribution in [-0.2, 0) is 4.79 Å². The maximum atomic E-state index is 12.2. The molecule has 0 radical (unpaired) electrons. The first-order valence-electron chi connectivity index (χ1n) is 6.60. The van der Waals surface area contributed by atoms with Crippen molar-refractivity contribution in [1.82, 2.24) is 15.5 Å². The summed E-state index contributed by atoms with van der Waals surface area (Å²) in [6.07, 6.45) is 1.79. The van der Waals surface area contributed by atoms with Crippen molar-refractivity contribution in [2.24, 2.45) is 11.8 Å². The molecule has 100 valence electrons. The standard InChI is InChI=1S/C14H18N4O/c1-8-3-10-7-16-18-13(10)4-12(8)17-14(19)9(2)11-5-15-6-11/h3-4,7,9,11,15H,5-6H2,1-2H3,(H,16,18)(H,17,19). The molecule has 5 nitrogen and oxygen atoms in total. The van der Waals surface area contributed by atoms with Crippen LogP contribution in [0.2, 0.25) is 0 Å². The van der Waals surface area contributed by atoms with E-state index in [1.165, 1.54) is 0 Å². The van der Waals surface area contributed by atoms with Crippen molar-refractivity contribution in [2.75, 3.05) is 18.4 Å². The van der Waals surface area contributed by atoms with E-state index in [4.69, 9.17) is 0 Å². The number of benzene rings is 1. The van der Waals surface area contributed by atoms with Crippen LogP contribution in [0.3, 0.4) is 0 Å². The highest BCUT2D eigenvalue weighted by Crippen LogP contribution is 2.24. The first-order valence-corrected chi connectivity index (χ1v) is 6.60. The Labute approximate surface area is 111 Å². The van der Waals surface area contributed by atoms with Gasteiger partial charge in [0.05, 0.1) is 11.7 Å². The fourth-order valence-electron chi connectivity index (χ4n) is 2.37. The van der Waals surface area contributed by atoms with Crippen molar-refractivity contribution in [2.45, 2.75) is 13.8 Å². The molecule has 2 aromatic rings. The number of aromatic nitrogens is 2. The lowest BCUT2D eigenvalue weighted by Crippen LogP contribution is -2.48. The molecule has 1 aliphatic heterocycles. The molecule has 0 aliphatic carbocycles. The molecule has 5 heteroatoms. The number of carbonyl (C=O) groups excluding carboxylic acids is 1. The average Bonchev–Trinajstić information content (AvgIpc) is 2.74. The van der Waals surface area contributed by atoms with E-state index in [0.717, 1.165) is 35.2 Å². The van der Waals surface area contributed by atoms with Gasteiger partial charge in [-0.3, -0.25) is 9.89 Å². The molecule has 3 N–H and O–H groups in total. The molecule has 19 heavy (non-hydrogen) atoms. The highest BCUT2D eigenvalue weighted by Gasteiger charge is 2.28. The number of hydrogen-bond acceptors (Lipinski definition) is 3. The summed E-state index contributed by atoms with van der Waals surface area (Å²) in [4.78, 5) is 12.2. The number of carbonyl (C=O) groups is 1. The third kappa shape index (κ3) is 2.21. The van der Waals surface area contributed by atoms with E-state index in [9.17, 15) is 4.79 Å². The fourth-order valence-corrected chi connectivity index (χ4v) is 2.37. The summed E-state index contributed by atoms with van der Waals surface area (Å²) in [5.74, 6) is 0.586. The first-order chi connectivity index (χ1) is 9.15. The normalized spacial score (nSPS) is 17.2. The average molecular weight is 258 g/mol. The highest BCUT2D eigenvalue weighted by atomic mass is 16.1. The molecule has 1 atom stereocenters. The van der Waals surface area contributed by atoms with Crippen LogP contribution in [0, 0.1) is 18.8 Å². The third-order valence-electron chi connectivity index (χ3n) is 3.98. The molecular weight excluding hydrogens is 240 g/mol. The van der Waals surface area contributed by atoms with Gasteiger partial charge in [0.25, 0.3) is 0 Å². The van der Waals surface area contributed by atoms with Gasteiger partial charge >= 0.3 is 0 Å². The fraction of sp³-hybridized carbons (Fsp3) is 0.429. The zero-order valence-electron chi connectivity index (χ0n) is 11.2. The molecule has 1 aromatic carbocycles. The van der Waals surface area contributed by atoms with Crippen molar-refractivity contribution in [3.05, 3.63) is 23.9 Å². The Hall–Kier alpha value is -1.88. The topological polar surface area (TPSA) is 69.8 Å². The largest absolute Gasteiger partial charge is 0.326 e. The van der Waals surface area contributed by atoms with Gasteiger partial charge in [-0.15, -0.1) is 0 Å². The summed E-state index contributed by atoms with van der Waals surface area (Å²) in [5, 5.41) is 14.2. The first kappa shape index (κ1) is 12.2. The number of aryl methyl sites for hydroxylation is 1. The van der Waals surface area contributed by atoms with E-state index >= 15 is 0 Å². The molecule has 0 bridgehead atoms. The predicted octanol–water partition coefficient (Wildman–Crippen LogP) is 1.67. The lowest BCUT2D eigenvalue weighted by Gasteiger charge is -2.31. The minimum atomic E-state index is 0.0399. The van der Waals surface area contributed by atoms with Crippen LogP contribution in [0.25, 0.3) is 10.9 Å². The lowest BCUT2D eigenvalue weighted by molar-refractivity contribution is -0.121. The van der Waals surface area contributed by atoms with Crippen LogP contribution < -0.4 is 10.6 Å². The molecule has 2 heterocycles. The highest BCUT2D eigenvalue weighted by molar-refractivity contribution is 5.96. The van der Waals surface area contributed by atoms with Gasteiger partial charge < -0.3 is 10.6 Å². The van der Waals surface area contributed by atoms with Crippen molar-refractivity contribution >= 4 is 22.5 Å². The van der Waals surface area contributed by atoms with Crippen LogP contribution in [0.15, 0.2) is 18.3 Å².